The van der Waals surface area contributed by atoms with Crippen molar-refractivity contribution >= 4 is 17.7 Å². The Morgan fingerprint density at radius 3 is 2.83 bits per heavy atom. The summed E-state index contributed by atoms with van der Waals surface area (Å²) >= 11 is 1.27. The molecule has 1 aromatic heterocycles. The molecular formula is C10H20N6OS. The number of carbonyl (C=O) groups excluding carboxylic acids is 1. The second kappa shape index (κ2) is 7.93. The number of nitrogen functional groups attached to an aromatic ring is 1. The van der Waals surface area contributed by atoms with E-state index in [1.807, 2.05) is 0 Å². The normalized spacial score (nSPS) is 10.8. The molecule has 0 saturated carbocycles. The van der Waals surface area contributed by atoms with Gasteiger partial charge in [-0.15, -0.1) is 10.2 Å². The highest BCUT2D eigenvalue weighted by Crippen LogP contribution is 2.11. The van der Waals surface area contributed by atoms with Crippen molar-refractivity contribution in [1.29, 1.82) is 0 Å². The zero-order valence-electron chi connectivity index (χ0n) is 10.8. The van der Waals surface area contributed by atoms with E-state index in [0.29, 0.717) is 17.5 Å². The summed E-state index contributed by atoms with van der Waals surface area (Å²) in [5.41, 5.74) is 0. The van der Waals surface area contributed by atoms with Gasteiger partial charge in [-0.25, -0.2) is 4.68 Å². The molecule has 18 heavy (non-hydrogen) atoms. The van der Waals surface area contributed by atoms with Gasteiger partial charge in [0.1, 0.15) is 6.33 Å². The maximum Gasteiger partial charge on any atom is 0.230 e. The van der Waals surface area contributed by atoms with Gasteiger partial charge in [0, 0.05) is 13.1 Å². The monoisotopic (exact) mass is 272 g/mol. The van der Waals surface area contributed by atoms with Crippen molar-refractivity contribution in [2.75, 3.05) is 37.8 Å². The number of amides is 1. The number of likely N-dealkylation sites (N-methyl/N-ethyl adjacent to an activating group) is 1. The van der Waals surface area contributed by atoms with Crippen molar-refractivity contribution in [2.45, 2.75) is 19.0 Å². The number of nitrogens with two attached hydrogens (primary N) is 1. The Labute approximate surface area is 111 Å². The molecule has 0 aliphatic rings. The van der Waals surface area contributed by atoms with Crippen LogP contribution in [0.2, 0.25) is 0 Å². The van der Waals surface area contributed by atoms with Gasteiger partial charge in [-0.2, -0.15) is 0 Å². The first-order chi connectivity index (χ1) is 8.67. The van der Waals surface area contributed by atoms with Gasteiger partial charge in [0.25, 0.3) is 0 Å². The third-order valence-corrected chi connectivity index (χ3v) is 3.47. The van der Waals surface area contributed by atoms with Crippen LogP contribution < -0.4 is 11.2 Å². The van der Waals surface area contributed by atoms with Crippen LogP contribution in [0.1, 0.15) is 13.8 Å². The summed E-state index contributed by atoms with van der Waals surface area (Å²) in [6.45, 7) is 7.74. The van der Waals surface area contributed by atoms with Gasteiger partial charge in [-0.3, -0.25) is 4.79 Å². The Morgan fingerprint density at radius 2 is 2.28 bits per heavy atom. The molecule has 1 rings (SSSR count). The summed E-state index contributed by atoms with van der Waals surface area (Å²) in [6.07, 6.45) is 1.40. The van der Waals surface area contributed by atoms with E-state index in [1.54, 1.807) is 0 Å². The average Bonchev–Trinajstić information content (AvgIpc) is 2.78. The fraction of sp³-hybridized carbons (Fsp3) is 0.700. The van der Waals surface area contributed by atoms with Crippen molar-refractivity contribution < 1.29 is 4.79 Å². The zero-order chi connectivity index (χ0) is 13.4. The van der Waals surface area contributed by atoms with Crippen LogP contribution in [0.4, 0.5) is 0 Å². The molecule has 0 radical (unpaired) electrons. The number of carbonyl (C=O) groups is 1. The first kappa shape index (κ1) is 14.8. The van der Waals surface area contributed by atoms with E-state index < -0.39 is 0 Å². The minimum absolute atomic E-state index is 0.0184. The van der Waals surface area contributed by atoms with Crippen LogP contribution in [-0.2, 0) is 4.79 Å². The molecule has 102 valence electrons. The average molecular weight is 272 g/mol. The van der Waals surface area contributed by atoms with Crippen molar-refractivity contribution in [2.24, 2.45) is 0 Å². The van der Waals surface area contributed by atoms with Crippen molar-refractivity contribution in [1.82, 2.24) is 25.1 Å². The number of rotatable bonds is 8. The Hall–Kier alpha value is -1.28. The maximum atomic E-state index is 11.6. The first-order valence-corrected chi connectivity index (χ1v) is 6.92. The second-order valence-corrected chi connectivity index (χ2v) is 4.63. The molecule has 0 fully saturated rings. The molecule has 3 N–H and O–H groups in total. The molecule has 0 aromatic carbocycles. The molecule has 0 unspecified atom stereocenters. The maximum absolute atomic E-state index is 11.6. The number of nitrogens with one attached hydrogen (secondary N) is 1. The van der Waals surface area contributed by atoms with Gasteiger partial charge in [0.15, 0.2) is 0 Å². The van der Waals surface area contributed by atoms with E-state index in [0.717, 1.165) is 19.6 Å². The van der Waals surface area contributed by atoms with Crippen molar-refractivity contribution in [3.8, 4) is 0 Å². The summed E-state index contributed by atoms with van der Waals surface area (Å²) in [7, 11) is 0. The number of aromatic nitrogens is 3. The lowest BCUT2D eigenvalue weighted by Crippen LogP contribution is -2.35. The van der Waals surface area contributed by atoms with E-state index in [-0.39, 0.29) is 5.91 Å². The van der Waals surface area contributed by atoms with Crippen LogP contribution >= 0.6 is 11.8 Å². The highest BCUT2D eigenvalue weighted by molar-refractivity contribution is 7.99. The summed E-state index contributed by atoms with van der Waals surface area (Å²) in [4.78, 5) is 13.8. The van der Waals surface area contributed by atoms with Crippen LogP contribution in [-0.4, -0.2) is 57.6 Å². The van der Waals surface area contributed by atoms with Crippen LogP contribution in [0.25, 0.3) is 0 Å². The summed E-state index contributed by atoms with van der Waals surface area (Å²) < 4.78 is 1.30. The first-order valence-electron chi connectivity index (χ1n) is 5.94. The lowest BCUT2D eigenvalue weighted by molar-refractivity contribution is -0.118. The third kappa shape index (κ3) is 4.92. The highest BCUT2D eigenvalue weighted by Gasteiger charge is 2.07. The van der Waals surface area contributed by atoms with Gasteiger partial charge in [-0.05, 0) is 13.1 Å². The predicted molar refractivity (Wildman–Crippen MR) is 71.7 cm³/mol. The van der Waals surface area contributed by atoms with Crippen LogP contribution in [0.5, 0.6) is 0 Å². The van der Waals surface area contributed by atoms with Crippen molar-refractivity contribution in [3.63, 3.8) is 0 Å². The van der Waals surface area contributed by atoms with Gasteiger partial charge in [0.2, 0.25) is 11.1 Å². The molecule has 0 bridgehead atoms. The smallest absolute Gasteiger partial charge is 0.230 e. The summed E-state index contributed by atoms with van der Waals surface area (Å²) in [5.74, 6) is 5.82. The Balaban J connectivity index is 2.16. The molecule has 0 atom stereocenters. The lowest BCUT2D eigenvalue weighted by atomic mass is 10.4. The summed E-state index contributed by atoms with van der Waals surface area (Å²) in [5, 5.41) is 10.8. The molecule has 1 amide bonds. The fourth-order valence-corrected chi connectivity index (χ4v) is 2.07. The molecule has 1 heterocycles. The van der Waals surface area contributed by atoms with Crippen LogP contribution in [0.3, 0.4) is 0 Å². The molecular weight excluding hydrogens is 252 g/mol. The molecule has 0 aliphatic carbocycles. The van der Waals surface area contributed by atoms with Gasteiger partial charge in [-0.1, -0.05) is 25.6 Å². The van der Waals surface area contributed by atoms with E-state index in [1.165, 1.54) is 22.8 Å². The Morgan fingerprint density at radius 1 is 1.56 bits per heavy atom. The SMILES string of the molecule is CCN(CC)CCNC(=O)CSc1nncn1N. The number of thioether (sulfide) groups is 1. The molecule has 7 nitrogen and oxygen atoms in total. The molecule has 1 aromatic rings. The van der Waals surface area contributed by atoms with Gasteiger partial charge in [0.05, 0.1) is 5.75 Å². The quantitative estimate of drug-likeness (QED) is 0.492. The number of nitrogens with zero attached hydrogens (tertiary/aromatic N) is 4. The van der Waals surface area contributed by atoms with Gasteiger partial charge >= 0.3 is 0 Å². The minimum Gasteiger partial charge on any atom is -0.354 e. The zero-order valence-corrected chi connectivity index (χ0v) is 11.6. The predicted octanol–water partition coefficient (Wildman–Crippen LogP) is -0.458. The van der Waals surface area contributed by atoms with Crippen LogP contribution in [0.15, 0.2) is 11.5 Å². The van der Waals surface area contributed by atoms with E-state index in [2.05, 4.69) is 34.3 Å². The Kier molecular flexibility index (Phi) is 6.51. The summed E-state index contributed by atoms with van der Waals surface area (Å²) in [6, 6.07) is 0. The minimum atomic E-state index is -0.0184. The fourth-order valence-electron chi connectivity index (χ4n) is 1.41. The molecule has 0 spiro atoms. The van der Waals surface area contributed by atoms with E-state index in [4.69, 9.17) is 5.84 Å². The topological polar surface area (TPSA) is 89.1 Å². The standard InChI is InChI=1S/C10H20N6OS/c1-3-15(4-2)6-5-12-9(17)7-18-10-14-13-8-16(10)11/h8H,3-7,11H2,1-2H3,(H,12,17). The number of hydrogen-bond donors (Lipinski definition) is 2. The van der Waals surface area contributed by atoms with Crippen molar-refractivity contribution in [3.05, 3.63) is 6.33 Å². The third-order valence-electron chi connectivity index (χ3n) is 2.52. The van der Waals surface area contributed by atoms with Gasteiger partial charge < -0.3 is 16.1 Å². The molecule has 8 heteroatoms. The molecule has 0 saturated heterocycles. The van der Waals surface area contributed by atoms with E-state index >= 15 is 0 Å². The second-order valence-electron chi connectivity index (χ2n) is 3.69. The largest absolute Gasteiger partial charge is 0.354 e. The highest BCUT2D eigenvalue weighted by atomic mass is 32.2. The van der Waals surface area contributed by atoms with Crippen LogP contribution in [0, 0.1) is 0 Å². The lowest BCUT2D eigenvalue weighted by Gasteiger charge is -2.17. The Bertz CT molecular complexity index is 365. The van der Waals surface area contributed by atoms with E-state index in [9.17, 15) is 4.79 Å². The number of hydrogen-bond acceptors (Lipinski definition) is 6. The molecule has 0 aliphatic heterocycles.